The summed E-state index contributed by atoms with van der Waals surface area (Å²) in [5.41, 5.74) is 0.357. The number of nitrogens with one attached hydrogen (secondary N) is 2. The molecule has 23 heavy (non-hydrogen) atoms. The molecule has 1 heterocycles. The van der Waals surface area contributed by atoms with E-state index in [0.29, 0.717) is 23.7 Å². The lowest BCUT2D eigenvalue weighted by Gasteiger charge is -2.07. The highest BCUT2D eigenvalue weighted by Crippen LogP contribution is 2.22. The van der Waals surface area contributed by atoms with Gasteiger partial charge in [-0.25, -0.2) is 4.98 Å². The normalized spacial score (nSPS) is 10.0. The van der Waals surface area contributed by atoms with Gasteiger partial charge in [0.25, 0.3) is 5.91 Å². The summed E-state index contributed by atoms with van der Waals surface area (Å²) in [6.45, 7) is 2.27. The Kier molecular flexibility index (Phi) is 6.10. The largest absolute Gasteiger partial charge is 0.439 e. The molecule has 2 aromatic rings. The Labute approximate surface area is 142 Å². The Morgan fingerprint density at radius 2 is 2.04 bits per heavy atom. The molecule has 0 bridgehead atoms. The Morgan fingerprint density at radius 3 is 2.70 bits per heavy atom. The number of ether oxygens (including phenoxy) is 1. The third-order valence-electron chi connectivity index (χ3n) is 2.80. The minimum absolute atomic E-state index is 0.0665. The molecule has 0 atom stereocenters. The van der Waals surface area contributed by atoms with Crippen molar-refractivity contribution in [1.82, 2.24) is 15.6 Å². The fraction of sp³-hybridized carbons (Fsp3) is 0.188. The first kappa shape index (κ1) is 17.0. The lowest BCUT2D eigenvalue weighted by atomic mass is 10.2. The molecule has 2 rings (SSSR count). The van der Waals surface area contributed by atoms with Gasteiger partial charge in [0, 0.05) is 23.3 Å². The van der Waals surface area contributed by atoms with Crippen molar-refractivity contribution in [2.45, 2.75) is 6.92 Å². The Morgan fingerprint density at radius 1 is 1.22 bits per heavy atom. The van der Waals surface area contributed by atoms with Crippen LogP contribution in [0, 0.1) is 0 Å². The molecule has 0 aliphatic rings. The summed E-state index contributed by atoms with van der Waals surface area (Å²) in [4.78, 5) is 27.3. The summed E-state index contributed by atoms with van der Waals surface area (Å²) in [7, 11) is 0. The van der Waals surface area contributed by atoms with Gasteiger partial charge in [-0.05, 0) is 31.2 Å². The van der Waals surface area contributed by atoms with E-state index in [0.717, 1.165) is 4.47 Å². The summed E-state index contributed by atoms with van der Waals surface area (Å²) in [5, 5.41) is 5.12. The van der Waals surface area contributed by atoms with Crippen molar-refractivity contribution in [3.05, 3.63) is 52.6 Å². The number of amides is 2. The van der Waals surface area contributed by atoms with E-state index in [1.807, 2.05) is 25.1 Å². The molecule has 1 aromatic heterocycles. The number of likely N-dealkylation sites (N-methyl/N-ethyl adjacent to an activating group) is 1. The maximum atomic E-state index is 11.9. The molecule has 0 spiro atoms. The third kappa shape index (κ3) is 5.37. The molecule has 0 saturated heterocycles. The molecule has 0 saturated carbocycles. The second kappa shape index (κ2) is 8.28. The highest BCUT2D eigenvalue weighted by molar-refractivity contribution is 9.10. The monoisotopic (exact) mass is 377 g/mol. The van der Waals surface area contributed by atoms with E-state index in [-0.39, 0.29) is 18.4 Å². The van der Waals surface area contributed by atoms with Crippen molar-refractivity contribution in [2.24, 2.45) is 0 Å². The van der Waals surface area contributed by atoms with Crippen LogP contribution in [-0.4, -0.2) is 29.9 Å². The van der Waals surface area contributed by atoms with Crippen LogP contribution in [0.1, 0.15) is 17.3 Å². The molecule has 1 aromatic carbocycles. The SMILES string of the molecule is CCNC(=O)CNC(=O)c1ccc(Oc2cccc(Br)c2)nc1. The number of carbonyl (C=O) groups is 2. The zero-order chi connectivity index (χ0) is 16.7. The van der Waals surface area contributed by atoms with Gasteiger partial charge in [0.15, 0.2) is 0 Å². The zero-order valence-electron chi connectivity index (χ0n) is 12.5. The molecule has 0 fully saturated rings. The van der Waals surface area contributed by atoms with Crippen LogP contribution in [0.25, 0.3) is 0 Å². The Balaban J connectivity index is 1.93. The van der Waals surface area contributed by atoms with Crippen LogP contribution in [0.3, 0.4) is 0 Å². The van der Waals surface area contributed by atoms with Crippen LogP contribution >= 0.6 is 15.9 Å². The first-order chi connectivity index (χ1) is 11.1. The first-order valence-corrected chi connectivity index (χ1v) is 7.82. The summed E-state index contributed by atoms with van der Waals surface area (Å²) in [5.74, 6) is 0.421. The number of aromatic nitrogens is 1. The minimum atomic E-state index is -0.363. The fourth-order valence-corrected chi connectivity index (χ4v) is 2.13. The quantitative estimate of drug-likeness (QED) is 0.810. The second-order valence-corrected chi connectivity index (χ2v) is 5.50. The predicted molar refractivity (Wildman–Crippen MR) is 89.5 cm³/mol. The van der Waals surface area contributed by atoms with Crippen LogP contribution in [0.4, 0.5) is 0 Å². The number of pyridine rings is 1. The maximum absolute atomic E-state index is 11.9. The summed E-state index contributed by atoms with van der Waals surface area (Å²) in [6.07, 6.45) is 1.40. The van der Waals surface area contributed by atoms with E-state index >= 15 is 0 Å². The van der Waals surface area contributed by atoms with Crippen LogP contribution in [0.15, 0.2) is 47.1 Å². The molecule has 2 N–H and O–H groups in total. The van der Waals surface area contributed by atoms with Gasteiger partial charge in [0.1, 0.15) is 5.75 Å². The molecule has 2 amide bonds. The van der Waals surface area contributed by atoms with E-state index < -0.39 is 0 Å². The van der Waals surface area contributed by atoms with Crippen LogP contribution in [-0.2, 0) is 4.79 Å². The maximum Gasteiger partial charge on any atom is 0.253 e. The topological polar surface area (TPSA) is 80.3 Å². The van der Waals surface area contributed by atoms with Gasteiger partial charge in [0.2, 0.25) is 11.8 Å². The highest BCUT2D eigenvalue weighted by atomic mass is 79.9. The lowest BCUT2D eigenvalue weighted by Crippen LogP contribution is -2.36. The van der Waals surface area contributed by atoms with Crippen molar-refractivity contribution in [3.63, 3.8) is 0 Å². The molecule has 0 radical (unpaired) electrons. The van der Waals surface area contributed by atoms with Crippen LogP contribution in [0.2, 0.25) is 0 Å². The van der Waals surface area contributed by atoms with E-state index in [2.05, 4.69) is 31.5 Å². The Bertz CT molecular complexity index is 689. The molecule has 0 aliphatic carbocycles. The molecule has 120 valence electrons. The van der Waals surface area contributed by atoms with Crippen molar-refractivity contribution in [3.8, 4) is 11.6 Å². The number of halogens is 1. The summed E-state index contributed by atoms with van der Waals surface area (Å²) in [6, 6.07) is 10.5. The van der Waals surface area contributed by atoms with Gasteiger partial charge < -0.3 is 15.4 Å². The van der Waals surface area contributed by atoms with E-state index in [1.165, 1.54) is 6.20 Å². The standard InChI is InChI=1S/C16H16BrN3O3/c1-2-18-14(21)10-20-16(22)11-6-7-15(19-9-11)23-13-5-3-4-12(17)8-13/h3-9H,2,10H2,1H3,(H,18,21)(H,20,22). The fourth-order valence-electron chi connectivity index (χ4n) is 1.75. The van der Waals surface area contributed by atoms with Crippen molar-refractivity contribution in [1.29, 1.82) is 0 Å². The van der Waals surface area contributed by atoms with Gasteiger partial charge in [-0.3, -0.25) is 9.59 Å². The molecule has 0 aliphatic heterocycles. The molecule has 7 heteroatoms. The first-order valence-electron chi connectivity index (χ1n) is 7.03. The van der Waals surface area contributed by atoms with Crippen LogP contribution < -0.4 is 15.4 Å². The summed E-state index contributed by atoms with van der Waals surface area (Å²) >= 11 is 3.36. The lowest BCUT2D eigenvalue weighted by molar-refractivity contribution is -0.120. The number of benzene rings is 1. The smallest absolute Gasteiger partial charge is 0.253 e. The number of carbonyl (C=O) groups excluding carboxylic acids is 2. The number of rotatable bonds is 6. The Hall–Kier alpha value is -2.41. The number of nitrogens with zero attached hydrogens (tertiary/aromatic N) is 1. The predicted octanol–water partition coefficient (Wildman–Crippen LogP) is 2.50. The van der Waals surface area contributed by atoms with Gasteiger partial charge in [0.05, 0.1) is 12.1 Å². The van der Waals surface area contributed by atoms with Gasteiger partial charge in [-0.15, -0.1) is 0 Å². The highest BCUT2D eigenvalue weighted by Gasteiger charge is 2.08. The minimum Gasteiger partial charge on any atom is -0.439 e. The van der Waals surface area contributed by atoms with Gasteiger partial charge in [-0.2, -0.15) is 0 Å². The van der Waals surface area contributed by atoms with Crippen molar-refractivity contribution >= 4 is 27.7 Å². The average Bonchev–Trinajstić information content (AvgIpc) is 2.54. The number of hydrogen-bond acceptors (Lipinski definition) is 4. The third-order valence-corrected chi connectivity index (χ3v) is 3.29. The van der Waals surface area contributed by atoms with Crippen molar-refractivity contribution in [2.75, 3.05) is 13.1 Å². The average molecular weight is 378 g/mol. The number of hydrogen-bond donors (Lipinski definition) is 2. The molecule has 0 unspecified atom stereocenters. The van der Waals surface area contributed by atoms with E-state index in [1.54, 1.807) is 18.2 Å². The van der Waals surface area contributed by atoms with Gasteiger partial charge in [-0.1, -0.05) is 22.0 Å². The molecule has 6 nitrogen and oxygen atoms in total. The van der Waals surface area contributed by atoms with Crippen molar-refractivity contribution < 1.29 is 14.3 Å². The van der Waals surface area contributed by atoms with Crippen LogP contribution in [0.5, 0.6) is 11.6 Å². The van der Waals surface area contributed by atoms with E-state index in [4.69, 9.17) is 4.74 Å². The van der Waals surface area contributed by atoms with E-state index in [9.17, 15) is 9.59 Å². The summed E-state index contributed by atoms with van der Waals surface area (Å²) < 4.78 is 6.49. The zero-order valence-corrected chi connectivity index (χ0v) is 14.1. The molecular weight excluding hydrogens is 362 g/mol. The molecular formula is C16H16BrN3O3. The second-order valence-electron chi connectivity index (χ2n) is 4.58. The van der Waals surface area contributed by atoms with Gasteiger partial charge >= 0.3 is 0 Å².